The zero-order valence-electron chi connectivity index (χ0n) is 20.0. The fraction of sp³-hybridized carbons (Fsp3) is 0.385. The predicted octanol–water partition coefficient (Wildman–Crippen LogP) is 6.03. The summed E-state index contributed by atoms with van der Waals surface area (Å²) in [6.45, 7) is 11.6. The number of amides is 1. The number of halogens is 1. The Bertz CT molecular complexity index is 1320. The lowest BCUT2D eigenvalue weighted by molar-refractivity contribution is 0.0952. The molecule has 2 aromatic heterocycles. The number of aryl methyl sites for hydroxylation is 2. The number of H-pyrrole nitrogens is 1. The van der Waals surface area contributed by atoms with Gasteiger partial charge in [-0.3, -0.25) is 13.6 Å². The van der Waals surface area contributed by atoms with Crippen molar-refractivity contribution in [1.29, 1.82) is 0 Å². The van der Waals surface area contributed by atoms with Crippen molar-refractivity contribution in [1.82, 2.24) is 14.3 Å². The number of aromatic nitrogens is 2. The van der Waals surface area contributed by atoms with Gasteiger partial charge in [0.25, 0.3) is 11.5 Å². The Morgan fingerprint density at radius 2 is 2.09 bits per heavy atom. The van der Waals surface area contributed by atoms with Gasteiger partial charge in [-0.1, -0.05) is 22.0 Å². The number of carbonyl (C=O) groups excluding carboxylic acids is 1. The van der Waals surface area contributed by atoms with Gasteiger partial charge in [-0.15, -0.1) is 6.58 Å². The van der Waals surface area contributed by atoms with E-state index in [1.165, 1.54) is 0 Å². The summed E-state index contributed by atoms with van der Waals surface area (Å²) in [6.07, 6.45) is 7.28. The number of carbonyl (C=O) groups is 1. The Labute approximate surface area is 212 Å². The average molecular weight is 545 g/mol. The molecular weight excluding hydrogens is 514 g/mol. The summed E-state index contributed by atoms with van der Waals surface area (Å²) < 4.78 is 9.05. The molecule has 2 N–H and O–H groups in total. The summed E-state index contributed by atoms with van der Waals surface area (Å²) in [4.78, 5) is 28.7. The highest BCUT2D eigenvalue weighted by molar-refractivity contribution is 9.10. The molecule has 1 fully saturated rings. The van der Waals surface area contributed by atoms with Crippen molar-refractivity contribution in [2.75, 3.05) is 0 Å². The van der Waals surface area contributed by atoms with Crippen LogP contribution in [0.5, 0.6) is 5.75 Å². The summed E-state index contributed by atoms with van der Waals surface area (Å²) in [5.74, 6) is 0.256. The minimum absolute atomic E-state index is 0.0709. The van der Waals surface area contributed by atoms with Crippen molar-refractivity contribution < 1.29 is 9.53 Å². The number of pyridine rings is 1. The van der Waals surface area contributed by atoms with Crippen molar-refractivity contribution in [3.63, 3.8) is 0 Å². The summed E-state index contributed by atoms with van der Waals surface area (Å²) >= 11 is 5.39. The van der Waals surface area contributed by atoms with Gasteiger partial charge in [-0.05, 0) is 82.7 Å². The normalized spacial score (nSPS) is 14.4. The van der Waals surface area contributed by atoms with E-state index in [1.807, 2.05) is 44.9 Å². The molecule has 6 nitrogen and oxygen atoms in total. The monoisotopic (exact) mass is 543 g/mol. The number of allylic oxidation sites excluding steroid dienone is 1. The number of ether oxygens (including phenoxy) is 1. The van der Waals surface area contributed by atoms with Crippen LogP contribution in [-0.4, -0.2) is 25.7 Å². The fourth-order valence-corrected chi connectivity index (χ4v) is 5.96. The molecule has 0 radical (unpaired) electrons. The van der Waals surface area contributed by atoms with Crippen LogP contribution in [0.4, 0.5) is 0 Å². The maximum Gasteiger partial charge on any atom is 0.256 e. The second-order valence-electron chi connectivity index (χ2n) is 9.23. The molecule has 0 unspecified atom stereocenters. The molecule has 180 valence electrons. The van der Waals surface area contributed by atoms with Gasteiger partial charge < -0.3 is 15.0 Å². The fourth-order valence-electron chi connectivity index (χ4n) is 4.17. The number of aromatic amines is 1. The molecule has 3 aromatic rings. The first-order chi connectivity index (χ1) is 16.1. The number of fused-ring (bicyclic) bond motifs is 1. The van der Waals surface area contributed by atoms with Crippen LogP contribution in [0.3, 0.4) is 0 Å². The Hall–Kier alpha value is -2.45. The van der Waals surface area contributed by atoms with E-state index < -0.39 is 0 Å². The van der Waals surface area contributed by atoms with Crippen molar-refractivity contribution in [2.24, 2.45) is 0 Å². The van der Waals surface area contributed by atoms with Crippen LogP contribution < -0.4 is 15.6 Å². The summed E-state index contributed by atoms with van der Waals surface area (Å²) in [6, 6.07) is 5.68. The molecule has 1 aromatic carbocycles. The first-order valence-electron chi connectivity index (χ1n) is 11.4. The van der Waals surface area contributed by atoms with Crippen LogP contribution >= 0.6 is 27.9 Å². The van der Waals surface area contributed by atoms with Crippen LogP contribution in [0.1, 0.15) is 60.3 Å². The van der Waals surface area contributed by atoms with E-state index in [1.54, 1.807) is 13.0 Å². The van der Waals surface area contributed by atoms with Crippen molar-refractivity contribution in [2.45, 2.75) is 64.4 Å². The van der Waals surface area contributed by atoms with E-state index in [0.29, 0.717) is 22.6 Å². The maximum atomic E-state index is 13.3. The zero-order valence-corrected chi connectivity index (χ0v) is 22.4. The lowest BCUT2D eigenvalue weighted by Crippen LogP contribution is -2.28. The first-order valence-corrected chi connectivity index (χ1v) is 13.0. The maximum absolute atomic E-state index is 13.3. The molecular formula is C26H30BrN3O3S. The summed E-state index contributed by atoms with van der Waals surface area (Å²) in [5, 5.41) is 3.85. The van der Waals surface area contributed by atoms with Crippen molar-refractivity contribution in [3.8, 4) is 5.75 Å². The largest absolute Gasteiger partial charge is 0.490 e. The second kappa shape index (κ2) is 9.66. The first kappa shape index (κ1) is 24.7. The minimum Gasteiger partial charge on any atom is -0.490 e. The van der Waals surface area contributed by atoms with Crippen LogP contribution in [0.15, 0.2) is 46.3 Å². The third-order valence-corrected chi connectivity index (χ3v) is 7.82. The number of benzene rings is 1. The van der Waals surface area contributed by atoms with E-state index in [2.05, 4.69) is 49.0 Å². The smallest absolute Gasteiger partial charge is 0.256 e. The molecule has 1 saturated carbocycles. The number of nitrogens with one attached hydrogen (secondary N) is 2. The van der Waals surface area contributed by atoms with Crippen molar-refractivity contribution >= 4 is 44.7 Å². The van der Waals surface area contributed by atoms with E-state index in [-0.39, 0.29) is 28.9 Å². The highest BCUT2D eigenvalue weighted by Crippen LogP contribution is 2.53. The molecule has 0 atom stereocenters. The van der Waals surface area contributed by atoms with Crippen LogP contribution in [0.2, 0.25) is 0 Å². The lowest BCUT2D eigenvalue weighted by atomic mass is 10.1. The highest BCUT2D eigenvalue weighted by atomic mass is 79.9. The highest BCUT2D eigenvalue weighted by Gasteiger charge is 2.43. The van der Waals surface area contributed by atoms with Gasteiger partial charge in [0, 0.05) is 26.5 Å². The molecule has 1 amide bonds. The van der Waals surface area contributed by atoms with Gasteiger partial charge in [0.05, 0.1) is 29.3 Å². The van der Waals surface area contributed by atoms with Crippen molar-refractivity contribution in [3.05, 3.63) is 74.3 Å². The molecule has 1 aliphatic rings. The second-order valence-corrected chi connectivity index (χ2v) is 11.6. The topological polar surface area (TPSA) is 76.1 Å². The Morgan fingerprint density at radius 3 is 2.74 bits per heavy atom. The number of hydrogen-bond acceptors (Lipinski definition) is 4. The minimum atomic E-state index is -0.258. The third kappa shape index (κ3) is 5.13. The van der Waals surface area contributed by atoms with E-state index in [4.69, 9.17) is 4.74 Å². The standard InChI is InChI=1S/C26H30BrN3O3S/c1-6-7-26(8-9-26)34-30-14-16(4)23-19(11-18(27)12-21(23)30)24(31)28-13-20-22(33-15(2)3)10-17(5)29-25(20)32/h6,10-12,14-15H,1,7-9,13H2,2-5H3,(H,28,31)(H,29,32). The molecule has 0 bridgehead atoms. The molecule has 0 saturated heterocycles. The van der Waals surface area contributed by atoms with E-state index in [9.17, 15) is 9.59 Å². The summed E-state index contributed by atoms with van der Waals surface area (Å²) in [7, 11) is 0. The average Bonchev–Trinajstić information content (AvgIpc) is 3.43. The van der Waals surface area contributed by atoms with Crippen LogP contribution in [0, 0.1) is 13.8 Å². The molecule has 1 aliphatic carbocycles. The zero-order chi connectivity index (χ0) is 24.6. The molecule has 4 rings (SSSR count). The number of rotatable bonds is 9. The molecule has 0 aliphatic heterocycles. The van der Waals surface area contributed by atoms with Gasteiger partial charge in [0.1, 0.15) is 5.75 Å². The van der Waals surface area contributed by atoms with E-state index in [0.717, 1.165) is 40.2 Å². The SMILES string of the molecule is C=CCC1(Sn2cc(C)c3c(C(=O)NCc4c(OC(C)C)cc(C)[nH]c4=O)cc(Br)cc32)CC1. The molecule has 2 heterocycles. The lowest BCUT2D eigenvalue weighted by Gasteiger charge is -2.16. The predicted molar refractivity (Wildman–Crippen MR) is 143 cm³/mol. The van der Waals surface area contributed by atoms with E-state index >= 15 is 0 Å². The number of nitrogens with zero attached hydrogens (tertiary/aromatic N) is 1. The van der Waals surface area contributed by atoms with Gasteiger partial charge in [-0.2, -0.15) is 0 Å². The quantitative estimate of drug-likeness (QED) is 0.323. The molecule has 34 heavy (non-hydrogen) atoms. The summed E-state index contributed by atoms with van der Waals surface area (Å²) in [5.41, 5.74) is 3.46. The van der Waals surface area contributed by atoms with Crippen LogP contribution in [-0.2, 0) is 6.54 Å². The number of hydrogen-bond donors (Lipinski definition) is 2. The van der Waals surface area contributed by atoms with Gasteiger partial charge in [-0.25, -0.2) is 0 Å². The Kier molecular flexibility index (Phi) is 7.01. The van der Waals surface area contributed by atoms with Gasteiger partial charge in [0.2, 0.25) is 0 Å². The molecule has 0 spiro atoms. The third-order valence-electron chi connectivity index (χ3n) is 5.90. The van der Waals surface area contributed by atoms with Gasteiger partial charge in [0.15, 0.2) is 0 Å². The van der Waals surface area contributed by atoms with Gasteiger partial charge >= 0.3 is 0 Å². The van der Waals surface area contributed by atoms with Crippen LogP contribution in [0.25, 0.3) is 10.9 Å². The Balaban J connectivity index is 1.64. The molecule has 8 heteroatoms. The Morgan fingerprint density at radius 1 is 1.35 bits per heavy atom.